The van der Waals surface area contributed by atoms with Crippen molar-refractivity contribution >= 4 is 29.7 Å². The Labute approximate surface area is 287 Å². The summed E-state index contributed by atoms with van der Waals surface area (Å²) in [6.07, 6.45) is -9.39. The Balaban J connectivity index is -0.000000882. The van der Waals surface area contributed by atoms with Gasteiger partial charge in [-0.2, -0.15) is 39.5 Å². The quantitative estimate of drug-likeness (QED) is 0.0802. The lowest BCUT2D eigenvalue weighted by Crippen LogP contribution is -2.48. The largest absolute Gasteiger partial charge is 0.490 e. The summed E-state index contributed by atoms with van der Waals surface area (Å²) in [5.41, 5.74) is 6.49. The van der Waals surface area contributed by atoms with Gasteiger partial charge in [0.2, 0.25) is 11.8 Å². The normalized spacial score (nSPS) is 11.6. The average Bonchev–Trinajstić information content (AvgIpc) is 3.01. The maximum absolute atomic E-state index is 12.6. The maximum atomic E-state index is 12.6. The fourth-order valence-electron chi connectivity index (χ4n) is 3.08. The topological polar surface area (TPSA) is 220 Å². The van der Waals surface area contributed by atoms with E-state index in [9.17, 15) is 49.1 Å². The fraction of sp³-hybridized carbons (Fsp3) is 0.621. The molecule has 1 aromatic carbocycles. The summed E-state index contributed by atoms with van der Waals surface area (Å²) in [6.45, 7) is 7.17. The number of hydrogen-bond acceptors (Lipinski definition) is 8. The zero-order chi connectivity index (χ0) is 40.1. The summed E-state index contributed by atoms with van der Waals surface area (Å²) in [5, 5.41) is 34.0. The molecule has 0 saturated heterocycles. The van der Waals surface area contributed by atoms with Gasteiger partial charge in [-0.05, 0) is 70.4 Å². The van der Waals surface area contributed by atoms with E-state index in [2.05, 4.69) is 21.3 Å². The molecule has 296 valence electrons. The molecule has 0 saturated carbocycles. The van der Waals surface area contributed by atoms with Crippen LogP contribution in [0.15, 0.2) is 30.3 Å². The maximum Gasteiger partial charge on any atom is 0.490 e. The van der Waals surface area contributed by atoms with Gasteiger partial charge < -0.3 is 42.3 Å². The van der Waals surface area contributed by atoms with Gasteiger partial charge in [0.05, 0.1) is 0 Å². The van der Waals surface area contributed by atoms with Crippen LogP contribution < -0.4 is 27.0 Å². The lowest BCUT2D eigenvalue weighted by atomic mass is 10.0. The highest BCUT2D eigenvalue weighted by Gasteiger charge is 2.39. The molecule has 0 heterocycles. The van der Waals surface area contributed by atoms with Gasteiger partial charge in [0.15, 0.2) is 0 Å². The molecule has 0 aliphatic carbocycles. The summed E-state index contributed by atoms with van der Waals surface area (Å²) in [6, 6.07) is 9.25. The number of unbranched alkanes of at least 4 members (excludes halogenated alkanes) is 1. The number of rotatable bonds is 18. The number of nitrogens with one attached hydrogen (secondary N) is 4. The number of hydrogen-bond donors (Lipinski definition) is 8. The molecule has 1 aromatic rings. The molecule has 51 heavy (non-hydrogen) atoms. The van der Waals surface area contributed by atoms with Crippen LogP contribution in [0.3, 0.4) is 0 Å². The second-order valence-corrected chi connectivity index (χ2v) is 9.96. The van der Waals surface area contributed by atoms with Crippen LogP contribution in [-0.4, -0.2) is 109 Å². The average molecular weight is 762 g/mol. The van der Waals surface area contributed by atoms with Crippen molar-refractivity contribution in [1.29, 1.82) is 0 Å². The molecule has 9 N–H and O–H groups in total. The van der Waals surface area contributed by atoms with Crippen LogP contribution in [-0.2, 0) is 30.4 Å². The van der Waals surface area contributed by atoms with Crippen molar-refractivity contribution in [1.82, 2.24) is 21.3 Å². The van der Waals surface area contributed by atoms with Crippen molar-refractivity contribution < 1.29 is 78.8 Å². The Morgan fingerprint density at radius 3 is 1.43 bits per heavy atom. The molecule has 0 aromatic heterocycles. The van der Waals surface area contributed by atoms with Crippen molar-refractivity contribution in [3.05, 3.63) is 35.9 Å². The monoisotopic (exact) mass is 761 g/mol. The third-order valence-corrected chi connectivity index (χ3v) is 5.48. The summed E-state index contributed by atoms with van der Waals surface area (Å²) in [4.78, 5) is 51.3. The van der Waals surface area contributed by atoms with Gasteiger partial charge in [0.25, 0.3) is 0 Å². The van der Waals surface area contributed by atoms with Crippen LogP contribution in [0.2, 0.25) is 0 Å². The summed E-state index contributed by atoms with van der Waals surface area (Å²) in [7, 11) is 0. The van der Waals surface area contributed by atoms with E-state index in [1.54, 1.807) is 0 Å². The zero-order valence-corrected chi connectivity index (χ0v) is 27.5. The number of aliphatic carboxylic acids is 3. The first-order valence-electron chi connectivity index (χ1n) is 15.1. The Kier molecular flexibility index (Phi) is 28.6. The Morgan fingerprint density at radius 1 is 0.667 bits per heavy atom. The van der Waals surface area contributed by atoms with Gasteiger partial charge in [0, 0.05) is 19.4 Å². The highest BCUT2D eigenvalue weighted by atomic mass is 19.4. The minimum Gasteiger partial charge on any atom is -0.475 e. The van der Waals surface area contributed by atoms with Crippen molar-refractivity contribution in [3.63, 3.8) is 0 Å². The number of carbonyl (C=O) groups excluding carboxylic acids is 2. The lowest BCUT2D eigenvalue weighted by Gasteiger charge is -2.19. The van der Waals surface area contributed by atoms with E-state index in [1.165, 1.54) is 0 Å². The predicted molar refractivity (Wildman–Crippen MR) is 164 cm³/mol. The van der Waals surface area contributed by atoms with Gasteiger partial charge in [-0.1, -0.05) is 37.3 Å². The van der Waals surface area contributed by atoms with Gasteiger partial charge in [0.1, 0.15) is 6.04 Å². The van der Waals surface area contributed by atoms with Gasteiger partial charge >= 0.3 is 36.4 Å². The molecule has 1 atom stereocenters. The fourth-order valence-corrected chi connectivity index (χ4v) is 3.08. The number of carboxylic acid groups (broad SMARTS) is 3. The molecule has 2 amide bonds. The third-order valence-electron chi connectivity index (χ3n) is 5.48. The van der Waals surface area contributed by atoms with E-state index < -0.39 is 42.5 Å². The molecule has 1 rings (SSSR count). The summed E-state index contributed by atoms with van der Waals surface area (Å²) >= 11 is 0. The number of halogens is 9. The third kappa shape index (κ3) is 34.1. The van der Waals surface area contributed by atoms with Crippen molar-refractivity contribution in [2.75, 3.05) is 39.3 Å². The van der Waals surface area contributed by atoms with Gasteiger partial charge in [-0.25, -0.2) is 14.4 Å². The molecule has 0 spiro atoms. The number of carboxylic acids is 3. The Hall–Kier alpha value is -4.18. The van der Waals surface area contributed by atoms with Crippen molar-refractivity contribution in [3.8, 4) is 0 Å². The van der Waals surface area contributed by atoms with Crippen LogP contribution >= 0.6 is 0 Å². The molecular weight excluding hydrogens is 717 g/mol. The smallest absolute Gasteiger partial charge is 0.475 e. The Morgan fingerprint density at radius 2 is 1.06 bits per heavy atom. The molecule has 0 aliphatic rings. The van der Waals surface area contributed by atoms with Crippen molar-refractivity contribution in [2.24, 2.45) is 5.73 Å². The molecule has 0 bridgehead atoms. The second kappa shape index (κ2) is 28.5. The predicted octanol–water partition coefficient (Wildman–Crippen LogP) is 3.23. The minimum absolute atomic E-state index is 0.0761. The first kappa shape index (κ1) is 51.2. The second-order valence-electron chi connectivity index (χ2n) is 9.96. The van der Waals surface area contributed by atoms with E-state index in [-0.39, 0.29) is 11.8 Å². The van der Waals surface area contributed by atoms with E-state index in [1.807, 2.05) is 37.3 Å². The van der Waals surface area contributed by atoms with Crippen LogP contribution in [0.4, 0.5) is 39.5 Å². The molecule has 13 nitrogen and oxygen atoms in total. The van der Waals surface area contributed by atoms with E-state index in [0.29, 0.717) is 19.4 Å². The molecule has 0 unspecified atom stereocenters. The first-order chi connectivity index (χ1) is 23.5. The number of alkyl halides is 9. The van der Waals surface area contributed by atoms with E-state index >= 15 is 0 Å². The zero-order valence-electron chi connectivity index (χ0n) is 27.5. The molecule has 0 fully saturated rings. The van der Waals surface area contributed by atoms with Crippen LogP contribution in [0.1, 0.15) is 51.0 Å². The highest BCUT2D eigenvalue weighted by molar-refractivity contribution is 5.87. The Bertz CT molecular complexity index is 1070. The lowest BCUT2D eigenvalue weighted by molar-refractivity contribution is -0.193. The van der Waals surface area contributed by atoms with Crippen LogP contribution in [0, 0.1) is 0 Å². The van der Waals surface area contributed by atoms with E-state index in [4.69, 9.17) is 35.4 Å². The summed E-state index contributed by atoms with van der Waals surface area (Å²) in [5.74, 6) is -8.47. The number of carbonyl (C=O) groups is 5. The van der Waals surface area contributed by atoms with Gasteiger partial charge in [-0.15, -0.1) is 0 Å². The summed E-state index contributed by atoms with van der Waals surface area (Å²) < 4.78 is 95.2. The molecule has 0 radical (unpaired) electrons. The van der Waals surface area contributed by atoms with Crippen LogP contribution in [0.5, 0.6) is 0 Å². The SMILES string of the molecule is CCCC(=O)N[C@@H](Cc1ccccc1)C(=O)NCCCNCCCCNCCCN.O=C(O)C(F)(F)F.O=C(O)C(F)(F)F.O=C(O)C(F)(F)F. The van der Waals surface area contributed by atoms with E-state index in [0.717, 1.165) is 70.4 Å². The molecular formula is C29H44F9N5O8. The number of nitrogens with two attached hydrogens (primary N) is 1. The number of benzene rings is 1. The molecule has 22 heteroatoms. The van der Waals surface area contributed by atoms with Gasteiger partial charge in [-0.3, -0.25) is 9.59 Å². The van der Waals surface area contributed by atoms with Crippen LogP contribution in [0.25, 0.3) is 0 Å². The standard InChI is InChI=1S/C23H41N5O2.3C2HF3O2/c1-2-10-22(29)28-21(19-20-11-4-3-5-12-20)23(30)27-18-9-17-26-15-7-6-14-25-16-8-13-24;3*3-2(4,5)1(6)7/h3-5,11-12,21,25-26H,2,6-10,13-19,24H2,1H3,(H,27,30)(H,28,29);3*(H,6,7)/t21-;;;/m0.../s1. The highest BCUT2D eigenvalue weighted by Crippen LogP contribution is 2.14. The van der Waals surface area contributed by atoms with Crippen molar-refractivity contribution in [2.45, 2.75) is 76.4 Å². The first-order valence-corrected chi connectivity index (χ1v) is 15.1. The molecule has 0 aliphatic heterocycles. The minimum atomic E-state index is -5.08. The number of amides is 2.